The molecule has 1 fully saturated rings. The first-order valence-electron chi connectivity index (χ1n) is 10.4. The molecular weight excluding hydrogens is 379 g/mol. The molecule has 0 unspecified atom stereocenters. The lowest BCUT2D eigenvalue weighted by molar-refractivity contribution is -0.126. The first-order valence-corrected chi connectivity index (χ1v) is 10.4. The average Bonchev–Trinajstić information content (AvgIpc) is 3.27. The maximum Gasteiger partial charge on any atom is 0.223 e. The number of hydrogen-bond donors (Lipinski definition) is 1. The van der Waals surface area contributed by atoms with Crippen molar-refractivity contribution in [3.8, 4) is 0 Å². The lowest BCUT2D eigenvalue weighted by Crippen LogP contribution is -2.40. The summed E-state index contributed by atoms with van der Waals surface area (Å²) in [6, 6.07) is 15.2. The third-order valence-corrected chi connectivity index (χ3v) is 5.69. The summed E-state index contributed by atoms with van der Waals surface area (Å²) in [6.45, 7) is 3.53. The molecule has 30 heavy (non-hydrogen) atoms. The molecule has 0 saturated carbocycles. The fourth-order valence-electron chi connectivity index (χ4n) is 3.98. The first kappa shape index (κ1) is 20.3. The summed E-state index contributed by atoms with van der Waals surface area (Å²) in [5, 5.41) is 3.09. The standard InChI is InChI=1S/C24H27FN4O/c25-23-7-2-1-6-22(23)17-28-11-8-21(9-12-28)24(30)27-15-19-4-3-5-20(14-19)16-29-13-10-26-18-29/h1-7,10,13-14,18,21H,8-9,11-12,15-17H2,(H,27,30). The molecule has 1 aliphatic rings. The Morgan fingerprint density at radius 1 is 1.07 bits per heavy atom. The number of rotatable bonds is 7. The fourth-order valence-corrected chi connectivity index (χ4v) is 3.98. The largest absolute Gasteiger partial charge is 0.352 e. The molecule has 1 N–H and O–H groups in total. The van der Waals surface area contributed by atoms with Gasteiger partial charge in [0.2, 0.25) is 5.91 Å². The fraction of sp³-hybridized carbons (Fsp3) is 0.333. The zero-order valence-electron chi connectivity index (χ0n) is 17.0. The van der Waals surface area contributed by atoms with E-state index >= 15 is 0 Å². The van der Waals surface area contributed by atoms with E-state index in [0.717, 1.165) is 43.6 Å². The molecule has 2 aromatic carbocycles. The van der Waals surface area contributed by atoms with Crippen LogP contribution >= 0.6 is 0 Å². The summed E-state index contributed by atoms with van der Waals surface area (Å²) < 4.78 is 15.9. The molecule has 0 radical (unpaired) electrons. The van der Waals surface area contributed by atoms with E-state index in [2.05, 4.69) is 27.3 Å². The van der Waals surface area contributed by atoms with Gasteiger partial charge in [-0.05, 0) is 43.1 Å². The molecule has 0 atom stereocenters. The van der Waals surface area contributed by atoms with E-state index in [1.165, 1.54) is 11.6 Å². The molecular formula is C24H27FN4O. The lowest BCUT2D eigenvalue weighted by atomic mass is 9.95. The molecule has 2 heterocycles. The van der Waals surface area contributed by atoms with Crippen molar-refractivity contribution in [1.29, 1.82) is 0 Å². The van der Waals surface area contributed by atoms with Crippen LogP contribution in [0.2, 0.25) is 0 Å². The molecule has 5 nitrogen and oxygen atoms in total. The number of nitrogens with zero attached hydrogens (tertiary/aromatic N) is 3. The summed E-state index contributed by atoms with van der Waals surface area (Å²) in [7, 11) is 0. The first-order chi connectivity index (χ1) is 14.7. The second-order valence-corrected chi connectivity index (χ2v) is 7.91. The molecule has 1 saturated heterocycles. The van der Waals surface area contributed by atoms with E-state index in [-0.39, 0.29) is 17.6 Å². The van der Waals surface area contributed by atoms with Gasteiger partial charge >= 0.3 is 0 Å². The molecule has 0 bridgehead atoms. The van der Waals surface area contributed by atoms with Crippen LogP contribution in [0.4, 0.5) is 4.39 Å². The van der Waals surface area contributed by atoms with E-state index in [1.807, 2.05) is 35.0 Å². The minimum atomic E-state index is -0.160. The van der Waals surface area contributed by atoms with Gasteiger partial charge in [0.05, 0.1) is 6.33 Å². The Bertz CT molecular complexity index is 965. The van der Waals surface area contributed by atoms with E-state index in [1.54, 1.807) is 18.6 Å². The molecule has 1 aromatic heterocycles. The highest BCUT2D eigenvalue weighted by Crippen LogP contribution is 2.20. The van der Waals surface area contributed by atoms with E-state index in [4.69, 9.17) is 0 Å². The molecule has 0 aliphatic carbocycles. The van der Waals surface area contributed by atoms with Gasteiger partial charge in [0.15, 0.2) is 0 Å². The number of amides is 1. The van der Waals surface area contributed by atoms with Crippen molar-refractivity contribution in [1.82, 2.24) is 19.8 Å². The topological polar surface area (TPSA) is 50.2 Å². The number of hydrogen-bond acceptors (Lipinski definition) is 3. The summed E-state index contributed by atoms with van der Waals surface area (Å²) in [5.74, 6) is -0.0239. The summed E-state index contributed by atoms with van der Waals surface area (Å²) >= 11 is 0. The monoisotopic (exact) mass is 406 g/mol. The Kier molecular flexibility index (Phi) is 6.54. The van der Waals surface area contributed by atoms with Gasteiger partial charge in [-0.2, -0.15) is 0 Å². The van der Waals surface area contributed by atoms with Crippen LogP contribution in [-0.2, 0) is 24.4 Å². The van der Waals surface area contributed by atoms with Gasteiger partial charge in [-0.1, -0.05) is 42.5 Å². The number of halogens is 1. The van der Waals surface area contributed by atoms with Crippen LogP contribution in [-0.4, -0.2) is 33.4 Å². The number of aromatic nitrogens is 2. The molecule has 1 aliphatic heterocycles. The highest BCUT2D eigenvalue weighted by atomic mass is 19.1. The molecule has 3 aromatic rings. The number of nitrogens with one attached hydrogen (secondary N) is 1. The van der Waals surface area contributed by atoms with Gasteiger partial charge in [-0.15, -0.1) is 0 Å². The maximum atomic E-state index is 13.8. The number of piperidine rings is 1. The second kappa shape index (κ2) is 9.67. The van der Waals surface area contributed by atoms with Crippen LogP contribution in [0, 0.1) is 11.7 Å². The highest BCUT2D eigenvalue weighted by Gasteiger charge is 2.25. The summed E-state index contributed by atoms with van der Waals surface area (Å²) in [6.07, 6.45) is 7.12. The number of imidazole rings is 1. The van der Waals surface area contributed by atoms with Crippen molar-refractivity contribution >= 4 is 5.91 Å². The number of benzene rings is 2. The van der Waals surface area contributed by atoms with Crippen LogP contribution in [0.1, 0.15) is 29.5 Å². The van der Waals surface area contributed by atoms with Crippen LogP contribution < -0.4 is 5.32 Å². The van der Waals surface area contributed by atoms with Crippen molar-refractivity contribution < 1.29 is 9.18 Å². The Morgan fingerprint density at radius 3 is 2.63 bits per heavy atom. The normalized spacial score (nSPS) is 15.2. The minimum absolute atomic E-state index is 0.0241. The highest BCUT2D eigenvalue weighted by molar-refractivity contribution is 5.78. The van der Waals surface area contributed by atoms with Gasteiger partial charge in [-0.3, -0.25) is 9.69 Å². The predicted octanol–water partition coefficient (Wildman–Crippen LogP) is 3.60. The van der Waals surface area contributed by atoms with Crippen LogP contribution in [0.3, 0.4) is 0 Å². The van der Waals surface area contributed by atoms with Crippen LogP contribution in [0.25, 0.3) is 0 Å². The third kappa shape index (κ3) is 5.33. The van der Waals surface area contributed by atoms with E-state index in [9.17, 15) is 9.18 Å². The van der Waals surface area contributed by atoms with Crippen molar-refractivity contribution in [3.63, 3.8) is 0 Å². The predicted molar refractivity (Wildman–Crippen MR) is 114 cm³/mol. The zero-order chi connectivity index (χ0) is 20.8. The zero-order valence-corrected chi connectivity index (χ0v) is 17.0. The van der Waals surface area contributed by atoms with Crippen LogP contribution in [0.15, 0.2) is 67.3 Å². The minimum Gasteiger partial charge on any atom is -0.352 e. The van der Waals surface area contributed by atoms with Crippen molar-refractivity contribution in [3.05, 3.63) is 89.8 Å². The molecule has 4 rings (SSSR count). The van der Waals surface area contributed by atoms with Gasteiger partial charge in [-0.25, -0.2) is 9.37 Å². The summed E-state index contributed by atoms with van der Waals surface area (Å²) in [5.41, 5.74) is 3.00. The van der Waals surface area contributed by atoms with Gasteiger partial charge in [0.1, 0.15) is 5.82 Å². The Balaban J connectivity index is 1.24. The van der Waals surface area contributed by atoms with Gasteiger partial charge in [0, 0.05) is 43.5 Å². The van der Waals surface area contributed by atoms with Crippen molar-refractivity contribution in [2.75, 3.05) is 13.1 Å². The average molecular weight is 407 g/mol. The smallest absolute Gasteiger partial charge is 0.223 e. The number of likely N-dealkylation sites (tertiary alicyclic amines) is 1. The van der Waals surface area contributed by atoms with E-state index < -0.39 is 0 Å². The van der Waals surface area contributed by atoms with Crippen molar-refractivity contribution in [2.45, 2.75) is 32.5 Å². The number of carbonyl (C=O) groups excluding carboxylic acids is 1. The lowest BCUT2D eigenvalue weighted by Gasteiger charge is -2.31. The molecule has 6 heteroatoms. The summed E-state index contributed by atoms with van der Waals surface area (Å²) in [4.78, 5) is 18.9. The molecule has 156 valence electrons. The van der Waals surface area contributed by atoms with Crippen molar-refractivity contribution in [2.24, 2.45) is 5.92 Å². The number of carbonyl (C=O) groups is 1. The Morgan fingerprint density at radius 2 is 1.87 bits per heavy atom. The van der Waals surface area contributed by atoms with E-state index in [0.29, 0.717) is 13.1 Å². The maximum absolute atomic E-state index is 13.8. The molecule has 0 spiro atoms. The van der Waals surface area contributed by atoms with Gasteiger partial charge in [0.25, 0.3) is 0 Å². The Labute approximate surface area is 176 Å². The van der Waals surface area contributed by atoms with Gasteiger partial charge < -0.3 is 9.88 Å². The quantitative estimate of drug-likeness (QED) is 0.652. The second-order valence-electron chi connectivity index (χ2n) is 7.91. The van der Waals surface area contributed by atoms with Crippen LogP contribution in [0.5, 0.6) is 0 Å². The SMILES string of the molecule is O=C(NCc1cccc(Cn2ccnc2)c1)C1CCN(Cc2ccccc2F)CC1. The molecule has 1 amide bonds. The third-order valence-electron chi connectivity index (χ3n) is 5.69. The Hall–Kier alpha value is -2.99.